The van der Waals surface area contributed by atoms with Gasteiger partial charge in [-0.2, -0.15) is 5.06 Å². The van der Waals surface area contributed by atoms with Crippen LogP contribution in [0.1, 0.15) is 86.6 Å². The van der Waals surface area contributed by atoms with Crippen LogP contribution in [0.2, 0.25) is 0 Å². The lowest BCUT2D eigenvalue weighted by molar-refractivity contribution is -0.259. The Balaban J connectivity index is 1.88. The van der Waals surface area contributed by atoms with Crippen LogP contribution in [0, 0.1) is 0 Å². The molecule has 9 heteroatoms. The quantitative estimate of drug-likeness (QED) is 0.190. The Morgan fingerprint density at radius 1 is 0.816 bits per heavy atom. The van der Waals surface area contributed by atoms with E-state index in [9.17, 15) is 14.8 Å². The number of hydrogen-bond acceptors (Lipinski definition) is 8. The summed E-state index contributed by atoms with van der Waals surface area (Å²) in [6.45, 7) is 15.3. The van der Waals surface area contributed by atoms with Gasteiger partial charge in [-0.15, -0.1) is 0 Å². The molecule has 1 aromatic rings. The predicted molar refractivity (Wildman–Crippen MR) is 145 cm³/mol. The van der Waals surface area contributed by atoms with Crippen molar-refractivity contribution < 1.29 is 34.2 Å². The molecule has 0 unspecified atom stereocenters. The Hall–Kier alpha value is -2.46. The summed E-state index contributed by atoms with van der Waals surface area (Å²) in [6.07, 6.45) is 2.28. The molecule has 0 atom stereocenters. The fourth-order valence-electron chi connectivity index (χ4n) is 6.03. The molecule has 2 aliphatic rings. The van der Waals surface area contributed by atoms with Gasteiger partial charge in [0.2, 0.25) is 0 Å². The number of methoxy groups -OCH3 is 1. The maximum Gasteiger partial charge on any atom is 0.345 e. The van der Waals surface area contributed by atoms with Crippen molar-refractivity contribution in [3.63, 3.8) is 0 Å². The molecule has 2 aliphatic heterocycles. The standard InChI is InChI=1S/C29H44N2O7/c1-26(2)15-21(16-27(3,4)30(26)34)37-24(32)23(14-19-10-12-20(36-9)13-11-19)25(33)38-22-17-28(5,6)31(35)29(7,8)18-22/h10-14,21-22,34-35H,15-18H2,1-9H3/p+1. The minimum Gasteiger partial charge on any atom is -0.497 e. The molecule has 3 rings (SSSR count). The molecule has 0 spiro atoms. The molecule has 1 aromatic carbocycles. The van der Waals surface area contributed by atoms with Crippen LogP contribution in [0.3, 0.4) is 0 Å². The lowest BCUT2D eigenvalue weighted by Gasteiger charge is -2.50. The number of ether oxygens (including phenoxy) is 3. The van der Waals surface area contributed by atoms with Gasteiger partial charge >= 0.3 is 11.9 Å². The van der Waals surface area contributed by atoms with Crippen molar-refractivity contribution in [1.82, 2.24) is 10.1 Å². The van der Waals surface area contributed by atoms with E-state index in [1.807, 2.05) is 55.4 Å². The van der Waals surface area contributed by atoms with Crippen LogP contribution in [0.15, 0.2) is 29.8 Å². The zero-order chi connectivity index (χ0) is 28.7. The lowest BCUT2D eigenvalue weighted by atomic mass is 9.80. The molecular formula is C29H45N2O7+. The first-order valence-corrected chi connectivity index (χ1v) is 13.2. The Labute approximate surface area is 226 Å². The molecular weight excluding hydrogens is 488 g/mol. The van der Waals surface area contributed by atoms with Crippen molar-refractivity contribution in [2.24, 2.45) is 0 Å². The molecule has 38 heavy (non-hydrogen) atoms. The molecule has 9 nitrogen and oxygen atoms in total. The van der Waals surface area contributed by atoms with Crippen molar-refractivity contribution in [3.8, 4) is 5.75 Å². The fraction of sp³-hybridized carbons (Fsp3) is 0.655. The van der Waals surface area contributed by atoms with E-state index in [0.29, 0.717) is 37.0 Å². The van der Waals surface area contributed by atoms with Crippen LogP contribution in [0.5, 0.6) is 5.75 Å². The fourth-order valence-corrected chi connectivity index (χ4v) is 6.03. The summed E-state index contributed by atoms with van der Waals surface area (Å²) >= 11 is 0. The molecule has 2 heterocycles. The first-order chi connectivity index (χ1) is 17.4. The van der Waals surface area contributed by atoms with Gasteiger partial charge in [0.15, 0.2) is 0 Å². The van der Waals surface area contributed by atoms with E-state index in [4.69, 9.17) is 19.4 Å². The molecule has 0 aliphatic carbocycles. The van der Waals surface area contributed by atoms with Crippen molar-refractivity contribution in [1.29, 1.82) is 0 Å². The average molecular weight is 534 g/mol. The highest BCUT2D eigenvalue weighted by atomic mass is 16.6. The zero-order valence-corrected chi connectivity index (χ0v) is 24.3. The first kappa shape index (κ1) is 30.1. The highest BCUT2D eigenvalue weighted by Gasteiger charge is 2.50. The molecule has 0 amide bonds. The Morgan fingerprint density at radius 3 is 1.61 bits per heavy atom. The van der Waals surface area contributed by atoms with Gasteiger partial charge in [0.1, 0.15) is 23.5 Å². The molecule has 0 bridgehead atoms. The topological polar surface area (TPSA) is 111 Å². The van der Waals surface area contributed by atoms with Crippen LogP contribution in [-0.4, -0.2) is 74.0 Å². The summed E-state index contributed by atoms with van der Waals surface area (Å²) < 4.78 is 17.0. The summed E-state index contributed by atoms with van der Waals surface area (Å²) in [5.41, 5.74) is -1.82. The second kappa shape index (κ2) is 10.6. The molecule has 0 aromatic heterocycles. The maximum absolute atomic E-state index is 13.5. The molecule has 212 valence electrons. The van der Waals surface area contributed by atoms with Gasteiger partial charge in [-0.3, -0.25) is 0 Å². The van der Waals surface area contributed by atoms with Gasteiger partial charge < -0.3 is 24.6 Å². The number of rotatable bonds is 6. The molecule has 0 saturated carbocycles. The van der Waals surface area contributed by atoms with Crippen LogP contribution < -0.4 is 4.74 Å². The smallest absolute Gasteiger partial charge is 0.345 e. The van der Waals surface area contributed by atoms with Crippen LogP contribution >= 0.6 is 0 Å². The molecule has 0 radical (unpaired) electrons. The van der Waals surface area contributed by atoms with E-state index in [2.05, 4.69) is 0 Å². The minimum atomic E-state index is -0.759. The van der Waals surface area contributed by atoms with Crippen LogP contribution in [0.25, 0.3) is 6.08 Å². The van der Waals surface area contributed by atoms with E-state index >= 15 is 0 Å². The van der Waals surface area contributed by atoms with Crippen molar-refractivity contribution >= 4 is 18.0 Å². The lowest BCUT2D eigenvalue weighted by Crippen LogP contribution is -2.61. The Bertz CT molecular complexity index is 965. The first-order valence-electron chi connectivity index (χ1n) is 13.2. The SMILES string of the molecule is COc1ccc(C=C(C(=O)OC2CC(C)(C)N(O)C(C)(C)C2)C(=O)OC2CC(C)(C)N([OH2+])C(C)(C)C2)cc1. The number of piperidine rings is 2. The van der Waals surface area contributed by atoms with E-state index in [1.165, 1.54) is 11.1 Å². The van der Waals surface area contributed by atoms with Gasteiger partial charge in [-0.05, 0) is 79.2 Å². The summed E-state index contributed by atoms with van der Waals surface area (Å²) in [7, 11) is 1.57. The molecule has 3 N–H and O–H groups in total. The van der Waals surface area contributed by atoms with Crippen LogP contribution in [0.4, 0.5) is 0 Å². The second-order valence-electron chi connectivity index (χ2n) is 13.1. The van der Waals surface area contributed by atoms with E-state index in [1.54, 1.807) is 36.4 Å². The third kappa shape index (κ3) is 6.57. The summed E-state index contributed by atoms with van der Waals surface area (Å²) in [5.74, 6) is -0.857. The Kier molecular flexibility index (Phi) is 8.39. The Morgan fingerprint density at radius 2 is 1.21 bits per heavy atom. The normalized spacial score (nSPS) is 24.0. The largest absolute Gasteiger partial charge is 0.497 e. The van der Waals surface area contributed by atoms with E-state index in [0.717, 1.165) is 0 Å². The highest BCUT2D eigenvalue weighted by molar-refractivity contribution is 6.17. The summed E-state index contributed by atoms with van der Waals surface area (Å²) in [6, 6.07) is 7.00. The monoisotopic (exact) mass is 533 g/mol. The number of hydroxylamine groups is 4. The number of hydrogen-bond donors (Lipinski definition) is 1. The molecule has 2 saturated heterocycles. The third-order valence-electron chi connectivity index (χ3n) is 7.68. The zero-order valence-electron chi connectivity index (χ0n) is 24.3. The number of esters is 2. The average Bonchev–Trinajstić information content (AvgIpc) is 2.78. The minimum absolute atomic E-state index is 0.193. The maximum atomic E-state index is 13.5. The number of carbonyl (C=O) groups excluding carboxylic acids is 2. The van der Waals surface area contributed by atoms with E-state index in [-0.39, 0.29) is 5.57 Å². The number of carbonyl (C=O) groups is 2. The molecule has 2 fully saturated rings. The van der Waals surface area contributed by atoms with Crippen molar-refractivity contribution in [2.75, 3.05) is 7.11 Å². The number of benzene rings is 1. The van der Waals surface area contributed by atoms with Crippen LogP contribution in [-0.2, 0) is 19.1 Å². The van der Waals surface area contributed by atoms with Gasteiger partial charge in [-0.1, -0.05) is 17.2 Å². The van der Waals surface area contributed by atoms with Crippen molar-refractivity contribution in [3.05, 3.63) is 35.4 Å². The van der Waals surface area contributed by atoms with E-state index < -0.39 is 46.3 Å². The van der Waals surface area contributed by atoms with Gasteiger partial charge in [0.25, 0.3) is 0 Å². The highest BCUT2D eigenvalue weighted by Crippen LogP contribution is 2.40. The third-order valence-corrected chi connectivity index (χ3v) is 7.68. The van der Waals surface area contributed by atoms with Gasteiger partial charge in [0, 0.05) is 36.8 Å². The van der Waals surface area contributed by atoms with Crippen molar-refractivity contribution in [2.45, 2.75) is 115 Å². The summed E-state index contributed by atoms with van der Waals surface area (Å²) in [5, 5.41) is 22.0. The second-order valence-corrected chi connectivity index (χ2v) is 13.1. The number of nitrogens with zero attached hydrogens (tertiary/aromatic N) is 2. The summed E-state index contributed by atoms with van der Waals surface area (Å²) in [4.78, 5) is 27.0. The van der Waals surface area contributed by atoms with Gasteiger partial charge in [0.05, 0.1) is 18.2 Å². The van der Waals surface area contributed by atoms with Gasteiger partial charge in [-0.25, -0.2) is 9.59 Å². The predicted octanol–water partition coefficient (Wildman–Crippen LogP) is 4.24.